The third-order valence-corrected chi connectivity index (χ3v) is 8.29. The van der Waals surface area contributed by atoms with Crippen molar-refractivity contribution in [2.45, 2.75) is 0 Å². The summed E-state index contributed by atoms with van der Waals surface area (Å²) in [6.45, 7) is 0. The molecule has 3 heterocycles. The quantitative estimate of drug-likeness (QED) is 0.218. The average molecular weight is 553 g/mol. The molecule has 0 spiro atoms. The van der Waals surface area contributed by atoms with Gasteiger partial charge in [0.2, 0.25) is 0 Å². The normalized spacial score (nSPS) is 11.7. The van der Waals surface area contributed by atoms with E-state index in [1.807, 2.05) is 24.3 Å². The van der Waals surface area contributed by atoms with Crippen LogP contribution >= 0.6 is 0 Å². The summed E-state index contributed by atoms with van der Waals surface area (Å²) < 4.78 is 8.57. The zero-order valence-corrected chi connectivity index (χ0v) is 23.1. The Labute approximate surface area is 246 Å². The van der Waals surface area contributed by atoms with Crippen LogP contribution in [0.3, 0.4) is 0 Å². The van der Waals surface area contributed by atoms with Crippen LogP contribution in [0.4, 0.5) is 17.1 Å². The first-order valence-corrected chi connectivity index (χ1v) is 14.3. The first kappa shape index (κ1) is 23.7. The number of hydrogen-bond donors (Lipinski definition) is 0. The molecule has 0 bridgehead atoms. The van der Waals surface area contributed by atoms with Gasteiger partial charge < -0.3 is 9.32 Å². The van der Waals surface area contributed by atoms with E-state index < -0.39 is 0 Å². The Morgan fingerprint density at radius 1 is 0.535 bits per heavy atom. The predicted molar refractivity (Wildman–Crippen MR) is 176 cm³/mol. The highest BCUT2D eigenvalue weighted by molar-refractivity contribution is 6.13. The number of nitrogens with zero attached hydrogens (tertiary/aromatic N) is 4. The summed E-state index contributed by atoms with van der Waals surface area (Å²) in [4.78, 5) is 11.7. The van der Waals surface area contributed by atoms with Gasteiger partial charge in [-0.3, -0.25) is 4.57 Å². The van der Waals surface area contributed by atoms with Gasteiger partial charge in [-0.25, -0.2) is 9.97 Å². The number of aromatic nitrogens is 3. The van der Waals surface area contributed by atoms with E-state index in [2.05, 4.69) is 130 Å². The summed E-state index contributed by atoms with van der Waals surface area (Å²) in [5, 5.41) is 5.67. The molecule has 9 aromatic rings. The number of rotatable bonds is 4. The monoisotopic (exact) mass is 552 g/mol. The molecule has 5 heteroatoms. The first-order chi connectivity index (χ1) is 21.3. The summed E-state index contributed by atoms with van der Waals surface area (Å²) in [5.74, 6) is 0.731. The van der Waals surface area contributed by atoms with Crippen LogP contribution in [0, 0.1) is 0 Å². The lowest BCUT2D eigenvalue weighted by atomic mass is 10.1. The summed E-state index contributed by atoms with van der Waals surface area (Å²) in [7, 11) is 0. The molecular weight excluding hydrogens is 528 g/mol. The molecule has 3 aromatic heterocycles. The van der Waals surface area contributed by atoms with Crippen LogP contribution in [-0.2, 0) is 0 Å². The fourth-order valence-electron chi connectivity index (χ4n) is 6.41. The zero-order valence-electron chi connectivity index (χ0n) is 23.1. The molecule has 0 aliphatic carbocycles. The maximum Gasteiger partial charge on any atom is 0.197 e. The molecule has 0 amide bonds. The molecule has 0 atom stereocenters. The summed E-state index contributed by atoms with van der Waals surface area (Å²) in [6.07, 6.45) is 1.63. The van der Waals surface area contributed by atoms with Crippen molar-refractivity contribution in [3.05, 3.63) is 146 Å². The Morgan fingerprint density at radius 2 is 1.26 bits per heavy atom. The minimum absolute atomic E-state index is 0.678. The Kier molecular flexibility index (Phi) is 5.13. The smallest absolute Gasteiger partial charge is 0.197 e. The van der Waals surface area contributed by atoms with Gasteiger partial charge in [-0.05, 0) is 60.0 Å². The highest BCUT2D eigenvalue weighted by Crippen LogP contribution is 2.42. The molecule has 0 aliphatic rings. The fraction of sp³-hybridized carbons (Fsp3) is 0. The lowest BCUT2D eigenvalue weighted by Gasteiger charge is -2.27. The molecule has 5 nitrogen and oxygen atoms in total. The van der Waals surface area contributed by atoms with Crippen molar-refractivity contribution >= 4 is 71.7 Å². The minimum Gasteiger partial charge on any atom is -0.450 e. The largest absolute Gasteiger partial charge is 0.450 e. The third-order valence-electron chi connectivity index (χ3n) is 8.29. The van der Waals surface area contributed by atoms with Crippen molar-refractivity contribution in [2.75, 3.05) is 4.90 Å². The van der Waals surface area contributed by atoms with E-state index in [1.54, 1.807) is 6.33 Å². The number of fused-ring (bicyclic) bond motifs is 7. The Hall–Kier alpha value is -5.94. The Bertz CT molecular complexity index is 2470. The van der Waals surface area contributed by atoms with Crippen LogP contribution < -0.4 is 4.90 Å². The van der Waals surface area contributed by atoms with E-state index in [1.165, 1.54) is 10.8 Å². The van der Waals surface area contributed by atoms with Crippen molar-refractivity contribution in [1.82, 2.24) is 14.5 Å². The van der Waals surface area contributed by atoms with Crippen LogP contribution in [0.25, 0.3) is 60.5 Å². The number of hydrogen-bond acceptors (Lipinski definition) is 4. The molecule has 0 saturated heterocycles. The van der Waals surface area contributed by atoms with Crippen LogP contribution in [0.15, 0.2) is 150 Å². The standard InChI is InChI=1S/C38H24N4O/c1-2-13-26(14-3-1)41(32-19-10-12-25-11-4-5-15-28(25)32)27-21-22-34-31(23-27)29-16-6-8-18-33(29)42(34)38-37-36(39-24-40-38)30-17-7-9-20-35(30)43-37/h1-24H. The average Bonchev–Trinajstić information content (AvgIpc) is 3.61. The molecule has 0 saturated carbocycles. The maximum atomic E-state index is 6.37. The number of para-hydroxylation sites is 3. The maximum absolute atomic E-state index is 6.37. The fourth-order valence-corrected chi connectivity index (χ4v) is 6.41. The molecule has 202 valence electrons. The van der Waals surface area contributed by atoms with Crippen LogP contribution in [0.2, 0.25) is 0 Å². The second kappa shape index (κ2) is 9.29. The summed E-state index contributed by atoms with van der Waals surface area (Å²) in [5.41, 5.74) is 7.72. The molecule has 9 rings (SSSR count). The van der Waals surface area contributed by atoms with Gasteiger partial charge in [0.15, 0.2) is 11.4 Å². The van der Waals surface area contributed by atoms with Crippen LogP contribution in [-0.4, -0.2) is 14.5 Å². The molecule has 0 fully saturated rings. The Balaban J connectivity index is 1.33. The van der Waals surface area contributed by atoms with Gasteiger partial charge in [-0.2, -0.15) is 0 Å². The van der Waals surface area contributed by atoms with Gasteiger partial charge in [-0.1, -0.05) is 84.9 Å². The molecule has 0 unspecified atom stereocenters. The van der Waals surface area contributed by atoms with Gasteiger partial charge in [0.05, 0.1) is 16.7 Å². The third kappa shape index (κ3) is 3.58. The predicted octanol–water partition coefficient (Wildman–Crippen LogP) is 10.1. The van der Waals surface area contributed by atoms with E-state index in [4.69, 9.17) is 9.40 Å². The minimum atomic E-state index is 0.678. The van der Waals surface area contributed by atoms with E-state index in [0.717, 1.165) is 61.2 Å². The van der Waals surface area contributed by atoms with Crippen molar-refractivity contribution in [3.63, 3.8) is 0 Å². The van der Waals surface area contributed by atoms with Gasteiger partial charge in [0.1, 0.15) is 17.4 Å². The van der Waals surface area contributed by atoms with Gasteiger partial charge >= 0.3 is 0 Å². The molecule has 6 aromatic carbocycles. The second-order valence-corrected chi connectivity index (χ2v) is 10.7. The molecule has 0 aliphatic heterocycles. The zero-order chi connectivity index (χ0) is 28.3. The highest BCUT2D eigenvalue weighted by Gasteiger charge is 2.21. The van der Waals surface area contributed by atoms with Gasteiger partial charge in [0, 0.05) is 32.9 Å². The van der Waals surface area contributed by atoms with Crippen molar-refractivity contribution in [2.24, 2.45) is 0 Å². The SMILES string of the molecule is c1ccc(N(c2ccc3c(c2)c2ccccc2n3-c2ncnc3c2oc2ccccc23)c2cccc3ccccc23)cc1. The lowest BCUT2D eigenvalue weighted by molar-refractivity contribution is 0.662. The van der Waals surface area contributed by atoms with Crippen molar-refractivity contribution < 1.29 is 4.42 Å². The molecule has 0 N–H and O–H groups in total. The van der Waals surface area contributed by atoms with Gasteiger partial charge in [0.25, 0.3) is 0 Å². The van der Waals surface area contributed by atoms with Crippen LogP contribution in [0.5, 0.6) is 0 Å². The van der Waals surface area contributed by atoms with Crippen molar-refractivity contribution in [3.8, 4) is 5.82 Å². The summed E-state index contributed by atoms with van der Waals surface area (Å²) >= 11 is 0. The topological polar surface area (TPSA) is 47.1 Å². The molecule has 43 heavy (non-hydrogen) atoms. The van der Waals surface area contributed by atoms with E-state index in [-0.39, 0.29) is 0 Å². The summed E-state index contributed by atoms with van der Waals surface area (Å²) in [6, 6.07) is 48.8. The second-order valence-electron chi connectivity index (χ2n) is 10.7. The molecule has 0 radical (unpaired) electrons. The van der Waals surface area contributed by atoms with Gasteiger partial charge in [-0.15, -0.1) is 0 Å². The number of benzene rings is 6. The lowest BCUT2D eigenvalue weighted by Crippen LogP contribution is -2.10. The van der Waals surface area contributed by atoms with Crippen molar-refractivity contribution in [1.29, 1.82) is 0 Å². The first-order valence-electron chi connectivity index (χ1n) is 14.3. The van der Waals surface area contributed by atoms with E-state index in [9.17, 15) is 0 Å². The highest BCUT2D eigenvalue weighted by atomic mass is 16.3. The van der Waals surface area contributed by atoms with E-state index >= 15 is 0 Å². The number of furan rings is 1. The van der Waals surface area contributed by atoms with E-state index in [0.29, 0.717) is 5.58 Å². The Morgan fingerprint density at radius 3 is 2.16 bits per heavy atom. The van der Waals surface area contributed by atoms with Crippen LogP contribution in [0.1, 0.15) is 0 Å². The molecular formula is C38H24N4O. The number of anilines is 3.